The second-order valence-electron chi connectivity index (χ2n) is 5.95. The molecule has 0 saturated heterocycles. The number of anilines is 1. The number of ether oxygens (including phenoxy) is 1. The summed E-state index contributed by atoms with van der Waals surface area (Å²) in [6.07, 6.45) is 3.60. The zero-order chi connectivity index (χ0) is 15.1. The summed E-state index contributed by atoms with van der Waals surface area (Å²) in [5.74, 6) is 2.33. The first-order valence-corrected chi connectivity index (χ1v) is 7.95. The maximum absolute atomic E-state index is 5.57. The predicted molar refractivity (Wildman–Crippen MR) is 89.0 cm³/mol. The van der Waals surface area contributed by atoms with Crippen LogP contribution in [0, 0.1) is 12.8 Å². The van der Waals surface area contributed by atoms with E-state index in [2.05, 4.69) is 52.1 Å². The number of benzene rings is 1. The third-order valence-corrected chi connectivity index (χ3v) is 4.37. The van der Waals surface area contributed by atoms with E-state index in [4.69, 9.17) is 4.74 Å². The van der Waals surface area contributed by atoms with E-state index in [9.17, 15) is 0 Å². The van der Waals surface area contributed by atoms with E-state index in [-0.39, 0.29) is 0 Å². The number of hydrogen-bond acceptors (Lipinski definition) is 2. The number of hydrogen-bond donors (Lipinski definition) is 1. The number of nitrogens with one attached hydrogen (secondary N) is 1. The van der Waals surface area contributed by atoms with E-state index in [1.54, 1.807) is 7.11 Å². The highest BCUT2D eigenvalue weighted by Gasteiger charge is 2.13. The molecule has 1 aromatic carbocycles. The average Bonchev–Trinajstić information content (AvgIpc) is 2.47. The molecule has 0 amide bonds. The summed E-state index contributed by atoms with van der Waals surface area (Å²) in [6.45, 7) is 12.2. The standard InChI is InChI=1S/C18H31NO/c1-7-13(3)9-10-19-17-12-18(20-6)16(11-15(17)5)14(4)8-2/h11-14,19H,7-10H2,1-6H3. The van der Waals surface area contributed by atoms with E-state index in [1.807, 2.05) is 0 Å². The molecule has 0 heterocycles. The molecule has 0 radical (unpaired) electrons. The Morgan fingerprint density at radius 1 is 1.15 bits per heavy atom. The van der Waals surface area contributed by atoms with Crippen molar-refractivity contribution in [3.63, 3.8) is 0 Å². The van der Waals surface area contributed by atoms with Gasteiger partial charge in [0.25, 0.3) is 0 Å². The molecular weight excluding hydrogens is 246 g/mol. The fourth-order valence-corrected chi connectivity index (χ4v) is 2.34. The van der Waals surface area contributed by atoms with Crippen LogP contribution in [0.2, 0.25) is 0 Å². The van der Waals surface area contributed by atoms with Gasteiger partial charge in [-0.25, -0.2) is 0 Å². The average molecular weight is 277 g/mol. The van der Waals surface area contributed by atoms with Gasteiger partial charge in [-0.3, -0.25) is 0 Å². The van der Waals surface area contributed by atoms with Crippen molar-refractivity contribution in [2.75, 3.05) is 19.0 Å². The molecular formula is C18H31NO. The van der Waals surface area contributed by atoms with Gasteiger partial charge in [0.15, 0.2) is 0 Å². The molecule has 2 heteroatoms. The van der Waals surface area contributed by atoms with Gasteiger partial charge < -0.3 is 10.1 Å². The highest BCUT2D eigenvalue weighted by Crippen LogP contribution is 2.33. The monoisotopic (exact) mass is 277 g/mol. The summed E-state index contributed by atoms with van der Waals surface area (Å²) < 4.78 is 5.57. The first kappa shape index (κ1) is 16.9. The minimum Gasteiger partial charge on any atom is -0.496 e. The Bertz CT molecular complexity index is 414. The molecule has 114 valence electrons. The molecule has 1 rings (SSSR count). The first-order chi connectivity index (χ1) is 9.53. The maximum Gasteiger partial charge on any atom is 0.124 e. The predicted octanol–water partition coefficient (Wildman–Crippen LogP) is 5.37. The zero-order valence-electron chi connectivity index (χ0n) is 14.0. The minimum absolute atomic E-state index is 0.540. The molecule has 0 saturated carbocycles. The van der Waals surface area contributed by atoms with E-state index < -0.39 is 0 Å². The molecule has 2 unspecified atom stereocenters. The zero-order valence-corrected chi connectivity index (χ0v) is 14.0. The van der Waals surface area contributed by atoms with Crippen LogP contribution in [0.3, 0.4) is 0 Å². The third kappa shape index (κ3) is 4.43. The van der Waals surface area contributed by atoms with Crippen molar-refractivity contribution < 1.29 is 4.74 Å². The van der Waals surface area contributed by atoms with Crippen LogP contribution in [0.15, 0.2) is 12.1 Å². The molecule has 0 bridgehead atoms. The van der Waals surface area contributed by atoms with Crippen molar-refractivity contribution in [3.8, 4) is 5.75 Å². The van der Waals surface area contributed by atoms with Crippen LogP contribution in [0.4, 0.5) is 5.69 Å². The molecule has 0 spiro atoms. The van der Waals surface area contributed by atoms with Crippen LogP contribution in [0.25, 0.3) is 0 Å². The van der Waals surface area contributed by atoms with Gasteiger partial charge in [-0.15, -0.1) is 0 Å². The Hall–Kier alpha value is -1.18. The number of rotatable bonds is 8. The van der Waals surface area contributed by atoms with Gasteiger partial charge in [-0.1, -0.05) is 40.2 Å². The van der Waals surface area contributed by atoms with Crippen LogP contribution >= 0.6 is 0 Å². The molecule has 2 atom stereocenters. The van der Waals surface area contributed by atoms with Crippen molar-refractivity contribution in [1.82, 2.24) is 0 Å². The van der Waals surface area contributed by atoms with Gasteiger partial charge in [-0.2, -0.15) is 0 Å². The largest absolute Gasteiger partial charge is 0.496 e. The number of methoxy groups -OCH3 is 1. The summed E-state index contributed by atoms with van der Waals surface area (Å²) >= 11 is 0. The number of aryl methyl sites for hydroxylation is 1. The van der Waals surface area contributed by atoms with Gasteiger partial charge in [0, 0.05) is 18.3 Å². The Morgan fingerprint density at radius 2 is 1.85 bits per heavy atom. The molecule has 1 aromatic rings. The van der Waals surface area contributed by atoms with E-state index in [0.717, 1.165) is 24.6 Å². The van der Waals surface area contributed by atoms with E-state index in [0.29, 0.717) is 5.92 Å². The molecule has 0 fully saturated rings. The van der Waals surface area contributed by atoms with Gasteiger partial charge in [0.05, 0.1) is 7.11 Å². The Labute approximate surface area is 124 Å². The van der Waals surface area contributed by atoms with Crippen LogP contribution in [-0.4, -0.2) is 13.7 Å². The lowest BCUT2D eigenvalue weighted by atomic mass is 9.95. The van der Waals surface area contributed by atoms with Crippen molar-refractivity contribution in [3.05, 3.63) is 23.3 Å². The van der Waals surface area contributed by atoms with Crippen LogP contribution in [0.5, 0.6) is 5.75 Å². The molecule has 0 aliphatic carbocycles. The lowest BCUT2D eigenvalue weighted by Gasteiger charge is -2.19. The smallest absolute Gasteiger partial charge is 0.124 e. The fourth-order valence-electron chi connectivity index (χ4n) is 2.34. The summed E-state index contributed by atoms with van der Waals surface area (Å²) in [5.41, 5.74) is 3.84. The first-order valence-electron chi connectivity index (χ1n) is 7.95. The second kappa shape index (κ2) is 8.18. The molecule has 0 aromatic heterocycles. The molecule has 0 aliphatic heterocycles. The maximum atomic E-state index is 5.57. The highest BCUT2D eigenvalue weighted by molar-refractivity contribution is 5.58. The Balaban J connectivity index is 2.83. The van der Waals surface area contributed by atoms with Crippen LogP contribution in [0.1, 0.15) is 64.0 Å². The van der Waals surface area contributed by atoms with Crippen molar-refractivity contribution in [1.29, 1.82) is 0 Å². The quantitative estimate of drug-likeness (QED) is 0.690. The lowest BCUT2D eigenvalue weighted by Crippen LogP contribution is -2.08. The van der Waals surface area contributed by atoms with E-state index in [1.165, 1.54) is 29.7 Å². The summed E-state index contributed by atoms with van der Waals surface area (Å²) in [7, 11) is 1.76. The molecule has 0 aliphatic rings. The minimum atomic E-state index is 0.540. The topological polar surface area (TPSA) is 21.3 Å². The van der Waals surface area contributed by atoms with Crippen LogP contribution < -0.4 is 10.1 Å². The Kier molecular flexibility index (Phi) is 6.90. The SMILES string of the molecule is CCC(C)CCNc1cc(OC)c(C(C)CC)cc1C. The lowest BCUT2D eigenvalue weighted by molar-refractivity contribution is 0.406. The molecule has 1 N–H and O–H groups in total. The third-order valence-electron chi connectivity index (χ3n) is 4.37. The molecule has 20 heavy (non-hydrogen) atoms. The van der Waals surface area contributed by atoms with Crippen molar-refractivity contribution in [2.45, 2.75) is 59.8 Å². The van der Waals surface area contributed by atoms with Crippen LogP contribution in [-0.2, 0) is 0 Å². The van der Waals surface area contributed by atoms with Gasteiger partial charge in [-0.05, 0) is 42.7 Å². The van der Waals surface area contributed by atoms with Crippen molar-refractivity contribution in [2.24, 2.45) is 5.92 Å². The summed E-state index contributed by atoms with van der Waals surface area (Å²) in [6, 6.07) is 4.44. The summed E-state index contributed by atoms with van der Waals surface area (Å²) in [5, 5.41) is 3.56. The van der Waals surface area contributed by atoms with E-state index >= 15 is 0 Å². The Morgan fingerprint density at radius 3 is 2.40 bits per heavy atom. The van der Waals surface area contributed by atoms with Gasteiger partial charge in [0.1, 0.15) is 5.75 Å². The summed E-state index contributed by atoms with van der Waals surface area (Å²) in [4.78, 5) is 0. The normalized spacial score (nSPS) is 13.9. The van der Waals surface area contributed by atoms with Gasteiger partial charge >= 0.3 is 0 Å². The molecule has 2 nitrogen and oxygen atoms in total. The van der Waals surface area contributed by atoms with Crippen molar-refractivity contribution >= 4 is 5.69 Å². The second-order valence-corrected chi connectivity index (χ2v) is 5.95. The van der Waals surface area contributed by atoms with Gasteiger partial charge in [0.2, 0.25) is 0 Å². The highest BCUT2D eigenvalue weighted by atomic mass is 16.5. The fraction of sp³-hybridized carbons (Fsp3) is 0.667.